The van der Waals surface area contributed by atoms with Gasteiger partial charge in [0.1, 0.15) is 0 Å². The van der Waals surface area contributed by atoms with E-state index < -0.39 is 6.10 Å². The lowest BCUT2D eigenvalue weighted by Crippen LogP contribution is -2.53. The van der Waals surface area contributed by atoms with E-state index in [2.05, 4.69) is 18.8 Å². The summed E-state index contributed by atoms with van der Waals surface area (Å²) in [6.45, 7) is 8.27. The van der Waals surface area contributed by atoms with Gasteiger partial charge in [0.25, 0.3) is 0 Å². The van der Waals surface area contributed by atoms with Crippen molar-refractivity contribution in [1.29, 1.82) is 0 Å². The van der Waals surface area contributed by atoms with Crippen molar-refractivity contribution in [3.63, 3.8) is 0 Å². The van der Waals surface area contributed by atoms with Crippen LogP contribution in [0.2, 0.25) is 0 Å². The summed E-state index contributed by atoms with van der Waals surface area (Å²) in [6.07, 6.45) is 4.68. The van der Waals surface area contributed by atoms with Gasteiger partial charge in [-0.2, -0.15) is 0 Å². The lowest BCUT2D eigenvalue weighted by Gasteiger charge is -2.53. The van der Waals surface area contributed by atoms with Crippen molar-refractivity contribution >= 4 is 22.4 Å². The number of thiazole rings is 1. The van der Waals surface area contributed by atoms with Crippen LogP contribution in [0.15, 0.2) is 0 Å². The molecule has 1 aromatic rings. The average Bonchev–Trinajstić information content (AvgIpc) is 3.22. The molecule has 6 unspecified atom stereocenters. The SMILES string of the molecule is CC(C(=O)N1CCCC1)C1CCC2(C)Cc3sc(N)nc3C(C)C2C1O. The van der Waals surface area contributed by atoms with E-state index in [1.807, 2.05) is 11.8 Å². The maximum absolute atomic E-state index is 12.9. The number of nitrogen functional groups attached to an aromatic ring is 1. The van der Waals surface area contributed by atoms with Crippen molar-refractivity contribution in [3.05, 3.63) is 10.6 Å². The summed E-state index contributed by atoms with van der Waals surface area (Å²) >= 11 is 1.60. The zero-order valence-corrected chi connectivity index (χ0v) is 16.9. The number of aromatic nitrogens is 1. The van der Waals surface area contributed by atoms with Crippen LogP contribution in [0.25, 0.3) is 0 Å². The number of hydrogen-bond donors (Lipinski definition) is 2. The first-order chi connectivity index (χ1) is 12.3. The van der Waals surface area contributed by atoms with Gasteiger partial charge in [-0.05, 0) is 49.4 Å². The first kappa shape index (κ1) is 18.2. The van der Waals surface area contributed by atoms with Gasteiger partial charge in [0, 0.05) is 29.8 Å². The van der Waals surface area contributed by atoms with Crippen LogP contribution < -0.4 is 5.73 Å². The molecule has 0 bridgehead atoms. The van der Waals surface area contributed by atoms with E-state index in [9.17, 15) is 9.90 Å². The standard InChI is InChI=1S/C20H31N3O2S/c1-11(18(25)23-8-4-5-9-23)13-6-7-20(3)10-14-16(22-19(21)26-14)12(2)15(20)17(13)24/h11-13,15,17,24H,4-10H2,1-3H3,(H2,21,22). The number of carbonyl (C=O) groups excluding carboxylic acids is 1. The van der Waals surface area contributed by atoms with Gasteiger partial charge in [0.2, 0.25) is 5.91 Å². The Kier molecular flexibility index (Phi) is 4.55. The minimum Gasteiger partial charge on any atom is -0.392 e. The molecule has 0 spiro atoms. The van der Waals surface area contributed by atoms with Gasteiger partial charge in [-0.25, -0.2) is 4.98 Å². The van der Waals surface area contributed by atoms with Gasteiger partial charge < -0.3 is 15.7 Å². The Morgan fingerprint density at radius 2 is 2.12 bits per heavy atom. The van der Waals surface area contributed by atoms with Crippen LogP contribution in [0.3, 0.4) is 0 Å². The number of likely N-dealkylation sites (tertiary alicyclic amines) is 1. The first-order valence-electron chi connectivity index (χ1n) is 10.0. The number of rotatable bonds is 2. The number of aliphatic hydroxyl groups excluding tert-OH is 1. The third-order valence-corrected chi connectivity index (χ3v) is 8.29. The molecular formula is C20H31N3O2S. The van der Waals surface area contributed by atoms with Gasteiger partial charge in [0.15, 0.2) is 5.13 Å². The molecular weight excluding hydrogens is 346 g/mol. The van der Waals surface area contributed by atoms with E-state index in [0.717, 1.165) is 50.9 Å². The van der Waals surface area contributed by atoms with Crippen LogP contribution in [-0.4, -0.2) is 40.1 Å². The molecule has 0 radical (unpaired) electrons. The molecule has 4 rings (SSSR count). The molecule has 6 heteroatoms. The highest BCUT2D eigenvalue weighted by atomic mass is 32.1. The van der Waals surface area contributed by atoms with Crippen LogP contribution in [0, 0.1) is 23.2 Å². The molecule has 5 nitrogen and oxygen atoms in total. The van der Waals surface area contributed by atoms with Crippen molar-refractivity contribution in [2.75, 3.05) is 18.8 Å². The maximum atomic E-state index is 12.9. The normalized spacial score (nSPS) is 37.9. The van der Waals surface area contributed by atoms with E-state index >= 15 is 0 Å². The Labute approximate surface area is 160 Å². The molecule has 3 N–H and O–H groups in total. The Morgan fingerprint density at radius 3 is 2.81 bits per heavy atom. The summed E-state index contributed by atoms with van der Waals surface area (Å²) in [4.78, 5) is 20.8. The number of nitrogens with two attached hydrogens (primary N) is 1. The van der Waals surface area contributed by atoms with Gasteiger partial charge >= 0.3 is 0 Å². The van der Waals surface area contributed by atoms with Crippen molar-refractivity contribution in [2.45, 2.75) is 64.9 Å². The van der Waals surface area contributed by atoms with Crippen LogP contribution in [-0.2, 0) is 11.2 Å². The van der Waals surface area contributed by atoms with E-state index in [0.29, 0.717) is 5.13 Å². The predicted molar refractivity (Wildman–Crippen MR) is 104 cm³/mol. The lowest BCUT2D eigenvalue weighted by molar-refractivity contribution is -0.143. The fraction of sp³-hybridized carbons (Fsp3) is 0.800. The zero-order valence-electron chi connectivity index (χ0n) is 16.1. The number of amides is 1. The minimum absolute atomic E-state index is 0.0427. The zero-order chi connectivity index (χ0) is 18.6. The molecule has 1 saturated carbocycles. The molecule has 2 fully saturated rings. The van der Waals surface area contributed by atoms with Crippen LogP contribution in [0.5, 0.6) is 0 Å². The second-order valence-electron chi connectivity index (χ2n) is 9.02. The van der Waals surface area contributed by atoms with Gasteiger partial charge in [-0.15, -0.1) is 11.3 Å². The minimum atomic E-state index is -0.457. The number of anilines is 1. The molecule has 1 aliphatic heterocycles. The molecule has 0 aromatic carbocycles. The number of aliphatic hydroxyl groups is 1. The lowest BCUT2D eigenvalue weighted by atomic mass is 9.53. The average molecular weight is 378 g/mol. The van der Waals surface area contributed by atoms with Gasteiger partial charge in [0.05, 0.1) is 11.8 Å². The van der Waals surface area contributed by atoms with E-state index in [-0.39, 0.29) is 35.0 Å². The van der Waals surface area contributed by atoms with Crippen LogP contribution in [0.1, 0.15) is 62.9 Å². The fourth-order valence-corrected chi connectivity index (χ4v) is 7.11. The van der Waals surface area contributed by atoms with Crippen molar-refractivity contribution in [3.8, 4) is 0 Å². The Morgan fingerprint density at radius 1 is 1.42 bits per heavy atom. The Bertz CT molecular complexity index is 699. The highest BCUT2D eigenvalue weighted by molar-refractivity contribution is 7.15. The predicted octanol–water partition coefficient (Wildman–Crippen LogP) is 3.04. The molecule has 1 saturated heterocycles. The number of carbonyl (C=O) groups is 1. The summed E-state index contributed by atoms with van der Waals surface area (Å²) in [7, 11) is 0. The topological polar surface area (TPSA) is 79.5 Å². The summed E-state index contributed by atoms with van der Waals surface area (Å²) < 4.78 is 0. The van der Waals surface area contributed by atoms with Gasteiger partial charge in [-0.3, -0.25) is 4.79 Å². The fourth-order valence-electron chi connectivity index (χ4n) is 5.97. The second kappa shape index (κ2) is 6.48. The molecule has 1 amide bonds. The molecule has 2 aliphatic carbocycles. The highest BCUT2D eigenvalue weighted by Gasteiger charge is 2.54. The Balaban J connectivity index is 1.58. The molecule has 144 valence electrons. The smallest absolute Gasteiger partial charge is 0.225 e. The van der Waals surface area contributed by atoms with Crippen molar-refractivity contribution in [2.24, 2.45) is 23.2 Å². The summed E-state index contributed by atoms with van der Waals surface area (Å²) in [5, 5.41) is 12.0. The highest BCUT2D eigenvalue weighted by Crippen LogP contribution is 2.57. The van der Waals surface area contributed by atoms with Crippen molar-refractivity contribution in [1.82, 2.24) is 9.88 Å². The van der Waals surface area contributed by atoms with Gasteiger partial charge in [-0.1, -0.05) is 20.8 Å². The maximum Gasteiger partial charge on any atom is 0.225 e. The third-order valence-electron chi connectivity index (χ3n) is 7.39. The molecule has 3 aliphatic rings. The number of nitrogens with zero attached hydrogens (tertiary/aromatic N) is 2. The van der Waals surface area contributed by atoms with Crippen LogP contribution >= 0.6 is 11.3 Å². The van der Waals surface area contributed by atoms with Crippen LogP contribution in [0.4, 0.5) is 5.13 Å². The third kappa shape index (κ3) is 2.76. The number of hydrogen-bond acceptors (Lipinski definition) is 5. The Hall–Kier alpha value is -1.14. The molecule has 2 heterocycles. The summed E-state index contributed by atoms with van der Waals surface area (Å²) in [6, 6.07) is 0. The largest absolute Gasteiger partial charge is 0.392 e. The van der Waals surface area contributed by atoms with Crippen molar-refractivity contribution < 1.29 is 9.90 Å². The quantitative estimate of drug-likeness (QED) is 0.830. The first-order valence-corrected chi connectivity index (χ1v) is 10.9. The monoisotopic (exact) mass is 377 g/mol. The molecule has 6 atom stereocenters. The summed E-state index contributed by atoms with van der Waals surface area (Å²) in [5.74, 6) is 0.494. The van der Waals surface area contributed by atoms with E-state index in [1.165, 1.54) is 4.88 Å². The van der Waals surface area contributed by atoms with E-state index in [1.54, 1.807) is 11.3 Å². The molecule has 26 heavy (non-hydrogen) atoms. The summed E-state index contributed by atoms with van der Waals surface area (Å²) in [5.41, 5.74) is 7.11. The number of fused-ring (bicyclic) bond motifs is 2. The second-order valence-corrected chi connectivity index (χ2v) is 10.1. The molecule has 1 aromatic heterocycles. The van der Waals surface area contributed by atoms with E-state index in [4.69, 9.17) is 5.73 Å².